The summed E-state index contributed by atoms with van der Waals surface area (Å²) in [7, 11) is 0. The Labute approximate surface area is 144 Å². The van der Waals surface area contributed by atoms with E-state index in [4.69, 9.17) is 4.74 Å². The number of unbranched alkanes of at least 4 members (excludes halogenated alkanes) is 2. The van der Waals surface area contributed by atoms with E-state index in [2.05, 4.69) is 18.8 Å². The van der Waals surface area contributed by atoms with E-state index in [1.807, 2.05) is 42.5 Å². The van der Waals surface area contributed by atoms with E-state index in [1.165, 1.54) is 0 Å². The van der Waals surface area contributed by atoms with Crippen LogP contribution in [0, 0.1) is 0 Å². The maximum atomic E-state index is 12.4. The Balaban J connectivity index is 2.08. The maximum absolute atomic E-state index is 12.4. The zero-order chi connectivity index (χ0) is 17.2. The molecule has 0 aliphatic carbocycles. The first-order valence-electron chi connectivity index (χ1n) is 8.46. The molecular formula is C21H25NO2. The Hall–Kier alpha value is -2.55. The van der Waals surface area contributed by atoms with Crippen molar-refractivity contribution in [3.63, 3.8) is 0 Å². The second-order valence-electron chi connectivity index (χ2n) is 5.70. The van der Waals surface area contributed by atoms with E-state index in [1.54, 1.807) is 12.1 Å². The number of carbonyl (C=O) groups excluding carboxylic acids is 1. The van der Waals surface area contributed by atoms with Crippen molar-refractivity contribution in [3.05, 3.63) is 71.8 Å². The van der Waals surface area contributed by atoms with E-state index in [-0.39, 0.29) is 5.91 Å². The minimum atomic E-state index is -0.0928. The van der Waals surface area contributed by atoms with Gasteiger partial charge in [0.05, 0.1) is 5.56 Å². The van der Waals surface area contributed by atoms with Crippen LogP contribution in [0.25, 0.3) is 6.08 Å². The van der Waals surface area contributed by atoms with Crippen LogP contribution in [-0.2, 0) is 6.61 Å². The summed E-state index contributed by atoms with van der Waals surface area (Å²) in [5.74, 6) is 0.494. The zero-order valence-electron chi connectivity index (χ0n) is 14.3. The molecule has 2 aromatic rings. The van der Waals surface area contributed by atoms with Crippen LogP contribution in [0.3, 0.4) is 0 Å². The van der Waals surface area contributed by atoms with Crippen molar-refractivity contribution in [1.82, 2.24) is 5.32 Å². The Morgan fingerprint density at radius 3 is 2.67 bits per heavy atom. The van der Waals surface area contributed by atoms with Gasteiger partial charge < -0.3 is 10.1 Å². The van der Waals surface area contributed by atoms with Crippen LogP contribution in [0.1, 0.15) is 47.7 Å². The van der Waals surface area contributed by atoms with Gasteiger partial charge in [0.15, 0.2) is 0 Å². The van der Waals surface area contributed by atoms with Gasteiger partial charge in [-0.25, -0.2) is 0 Å². The summed E-state index contributed by atoms with van der Waals surface area (Å²) < 4.78 is 5.91. The highest BCUT2D eigenvalue weighted by molar-refractivity contribution is 5.97. The number of nitrogens with one attached hydrogen (secondary N) is 1. The van der Waals surface area contributed by atoms with Crippen LogP contribution in [-0.4, -0.2) is 12.5 Å². The molecule has 0 spiro atoms. The lowest BCUT2D eigenvalue weighted by Crippen LogP contribution is -2.25. The number of amides is 1. The van der Waals surface area contributed by atoms with Gasteiger partial charge in [-0.2, -0.15) is 0 Å². The quantitative estimate of drug-likeness (QED) is 0.671. The molecule has 0 aromatic heterocycles. The van der Waals surface area contributed by atoms with Gasteiger partial charge in [0.2, 0.25) is 0 Å². The third-order valence-corrected chi connectivity index (χ3v) is 3.79. The van der Waals surface area contributed by atoms with E-state index in [9.17, 15) is 4.79 Å². The zero-order valence-corrected chi connectivity index (χ0v) is 14.3. The van der Waals surface area contributed by atoms with Gasteiger partial charge in [-0.3, -0.25) is 4.79 Å². The van der Waals surface area contributed by atoms with E-state index in [0.717, 1.165) is 30.4 Å². The Bertz CT molecular complexity index is 665. The Morgan fingerprint density at radius 2 is 1.96 bits per heavy atom. The summed E-state index contributed by atoms with van der Waals surface area (Å²) in [6.45, 7) is 7.04. The molecule has 2 aromatic carbocycles. The van der Waals surface area contributed by atoms with E-state index >= 15 is 0 Å². The fraction of sp³-hybridized carbons (Fsp3) is 0.286. The molecular weight excluding hydrogens is 298 g/mol. The largest absolute Gasteiger partial charge is 0.488 e. The molecule has 24 heavy (non-hydrogen) atoms. The number of hydrogen-bond acceptors (Lipinski definition) is 2. The molecule has 1 N–H and O–H groups in total. The highest BCUT2D eigenvalue weighted by Crippen LogP contribution is 2.22. The highest BCUT2D eigenvalue weighted by atomic mass is 16.5. The molecule has 126 valence electrons. The molecule has 2 rings (SSSR count). The van der Waals surface area contributed by atoms with Crippen molar-refractivity contribution in [3.8, 4) is 5.75 Å². The lowest BCUT2D eigenvalue weighted by molar-refractivity contribution is 0.0948. The molecule has 3 heteroatoms. The molecule has 0 heterocycles. The van der Waals surface area contributed by atoms with Gasteiger partial charge in [0.25, 0.3) is 5.91 Å². The number of hydrogen-bond donors (Lipinski definition) is 1. The fourth-order valence-corrected chi connectivity index (χ4v) is 2.38. The molecule has 0 atom stereocenters. The first kappa shape index (κ1) is 17.8. The standard InChI is InChI=1S/C21H25NO2/c1-3-5-9-14-22-21(23)19-13-12-17(4-2)15-20(19)24-16-18-10-7-6-8-11-18/h4,6-8,10-13,15H,2-3,5,9,14,16H2,1H3,(H,22,23). The highest BCUT2D eigenvalue weighted by Gasteiger charge is 2.13. The van der Waals surface area contributed by atoms with Crippen molar-refractivity contribution in [2.75, 3.05) is 6.54 Å². The number of benzene rings is 2. The topological polar surface area (TPSA) is 38.3 Å². The van der Waals surface area contributed by atoms with E-state index in [0.29, 0.717) is 24.5 Å². The average Bonchev–Trinajstić information content (AvgIpc) is 2.64. The van der Waals surface area contributed by atoms with Gasteiger partial charge in [-0.1, -0.05) is 68.8 Å². The third kappa shape index (κ3) is 5.27. The van der Waals surface area contributed by atoms with Crippen LogP contribution < -0.4 is 10.1 Å². The Morgan fingerprint density at radius 1 is 1.17 bits per heavy atom. The predicted molar refractivity (Wildman–Crippen MR) is 99.2 cm³/mol. The monoisotopic (exact) mass is 323 g/mol. The van der Waals surface area contributed by atoms with Crippen molar-refractivity contribution < 1.29 is 9.53 Å². The second kappa shape index (κ2) is 9.56. The van der Waals surface area contributed by atoms with Crippen LogP contribution in [0.5, 0.6) is 5.75 Å². The molecule has 0 saturated heterocycles. The lowest BCUT2D eigenvalue weighted by Gasteiger charge is -2.13. The molecule has 0 bridgehead atoms. The van der Waals surface area contributed by atoms with Gasteiger partial charge in [-0.15, -0.1) is 0 Å². The summed E-state index contributed by atoms with van der Waals surface area (Å²) >= 11 is 0. The van der Waals surface area contributed by atoms with Gasteiger partial charge >= 0.3 is 0 Å². The molecule has 0 radical (unpaired) electrons. The van der Waals surface area contributed by atoms with Crippen molar-refractivity contribution in [2.24, 2.45) is 0 Å². The predicted octanol–water partition coefficient (Wildman–Crippen LogP) is 4.83. The number of carbonyl (C=O) groups is 1. The lowest BCUT2D eigenvalue weighted by atomic mass is 10.1. The average molecular weight is 323 g/mol. The summed E-state index contributed by atoms with van der Waals surface area (Å²) in [5.41, 5.74) is 2.56. The van der Waals surface area contributed by atoms with Crippen LogP contribution in [0.4, 0.5) is 0 Å². The van der Waals surface area contributed by atoms with Crippen LogP contribution in [0.15, 0.2) is 55.1 Å². The Kier molecular flexibility index (Phi) is 7.09. The summed E-state index contributed by atoms with van der Waals surface area (Å²) in [6.07, 6.45) is 4.99. The van der Waals surface area contributed by atoms with Crippen molar-refractivity contribution in [1.29, 1.82) is 0 Å². The smallest absolute Gasteiger partial charge is 0.255 e. The normalized spacial score (nSPS) is 10.2. The summed E-state index contributed by atoms with van der Waals surface area (Å²) in [6, 6.07) is 15.5. The SMILES string of the molecule is C=Cc1ccc(C(=O)NCCCCC)c(OCc2ccccc2)c1. The molecule has 0 saturated carbocycles. The minimum absolute atomic E-state index is 0.0928. The molecule has 0 fully saturated rings. The van der Waals surface area contributed by atoms with Crippen molar-refractivity contribution >= 4 is 12.0 Å². The van der Waals surface area contributed by atoms with Gasteiger partial charge in [-0.05, 0) is 29.7 Å². The molecule has 0 unspecified atom stereocenters. The molecule has 1 amide bonds. The molecule has 0 aliphatic rings. The summed E-state index contributed by atoms with van der Waals surface area (Å²) in [5, 5.41) is 2.97. The first-order valence-corrected chi connectivity index (χ1v) is 8.46. The summed E-state index contributed by atoms with van der Waals surface area (Å²) in [4.78, 5) is 12.4. The van der Waals surface area contributed by atoms with Crippen LogP contribution >= 0.6 is 0 Å². The first-order chi connectivity index (χ1) is 11.7. The molecule has 0 aliphatic heterocycles. The van der Waals surface area contributed by atoms with Crippen LogP contribution in [0.2, 0.25) is 0 Å². The van der Waals surface area contributed by atoms with Gasteiger partial charge in [0, 0.05) is 6.54 Å². The third-order valence-electron chi connectivity index (χ3n) is 3.79. The number of ether oxygens (including phenoxy) is 1. The van der Waals surface area contributed by atoms with Crippen molar-refractivity contribution in [2.45, 2.75) is 32.8 Å². The number of rotatable bonds is 9. The fourth-order valence-electron chi connectivity index (χ4n) is 2.38. The molecule has 3 nitrogen and oxygen atoms in total. The minimum Gasteiger partial charge on any atom is -0.488 e. The maximum Gasteiger partial charge on any atom is 0.255 e. The second-order valence-corrected chi connectivity index (χ2v) is 5.70. The van der Waals surface area contributed by atoms with E-state index < -0.39 is 0 Å². The van der Waals surface area contributed by atoms with Gasteiger partial charge in [0.1, 0.15) is 12.4 Å².